The van der Waals surface area contributed by atoms with Crippen LogP contribution in [0.2, 0.25) is 0 Å². The average Bonchev–Trinajstić information content (AvgIpc) is 2.50. The summed E-state index contributed by atoms with van der Waals surface area (Å²) < 4.78 is 0. The van der Waals surface area contributed by atoms with E-state index in [1.165, 1.54) is 24.3 Å². The molecule has 0 spiro atoms. The van der Waals surface area contributed by atoms with Gasteiger partial charge in [0.15, 0.2) is 0 Å². The summed E-state index contributed by atoms with van der Waals surface area (Å²) in [5, 5.41) is 10.6. The van der Waals surface area contributed by atoms with E-state index in [4.69, 9.17) is 5.73 Å². The molecule has 21 heavy (non-hydrogen) atoms. The van der Waals surface area contributed by atoms with E-state index in [0.717, 1.165) is 25.7 Å². The van der Waals surface area contributed by atoms with E-state index in [0.29, 0.717) is 12.1 Å². The van der Waals surface area contributed by atoms with Gasteiger partial charge in [-0.05, 0) is 44.7 Å². The summed E-state index contributed by atoms with van der Waals surface area (Å²) in [6.07, 6.45) is 3.73. The number of carbonyl (C=O) groups is 1. The van der Waals surface area contributed by atoms with Gasteiger partial charge in [-0.2, -0.15) is 0 Å². The third kappa shape index (κ3) is 3.58. The third-order valence-corrected chi connectivity index (χ3v) is 4.11. The number of nitro groups is 1. The normalized spacial score (nSPS) is 21.8. The molecule has 1 saturated carbocycles. The number of hydrogen-bond donors (Lipinski definition) is 1. The number of non-ortho nitro benzene ring substituents is 1. The first-order valence-electron chi connectivity index (χ1n) is 7.34. The van der Waals surface area contributed by atoms with Crippen LogP contribution in [0.3, 0.4) is 0 Å². The van der Waals surface area contributed by atoms with E-state index in [1.807, 2.05) is 11.8 Å². The minimum absolute atomic E-state index is 0.00163. The first kappa shape index (κ1) is 15.4. The Hall–Kier alpha value is -1.95. The molecule has 1 fully saturated rings. The van der Waals surface area contributed by atoms with Crippen molar-refractivity contribution in [3.63, 3.8) is 0 Å². The summed E-state index contributed by atoms with van der Waals surface area (Å²) in [7, 11) is 0. The van der Waals surface area contributed by atoms with Crippen molar-refractivity contribution in [2.24, 2.45) is 5.73 Å². The summed E-state index contributed by atoms with van der Waals surface area (Å²) in [5.74, 6) is -0.0622. The first-order valence-corrected chi connectivity index (χ1v) is 7.34. The molecule has 1 aliphatic carbocycles. The molecule has 0 bridgehead atoms. The van der Waals surface area contributed by atoms with Gasteiger partial charge in [-0.1, -0.05) is 0 Å². The lowest BCUT2D eigenvalue weighted by atomic mass is 9.90. The van der Waals surface area contributed by atoms with E-state index in [2.05, 4.69) is 0 Å². The van der Waals surface area contributed by atoms with Crippen LogP contribution in [0.1, 0.15) is 43.0 Å². The van der Waals surface area contributed by atoms with Crippen LogP contribution in [-0.4, -0.2) is 34.4 Å². The van der Waals surface area contributed by atoms with E-state index >= 15 is 0 Å². The summed E-state index contributed by atoms with van der Waals surface area (Å²) in [6.45, 7) is 2.59. The summed E-state index contributed by atoms with van der Waals surface area (Å²) in [6, 6.07) is 6.26. The van der Waals surface area contributed by atoms with Gasteiger partial charge in [0.05, 0.1) is 4.92 Å². The van der Waals surface area contributed by atoms with Crippen LogP contribution in [-0.2, 0) is 0 Å². The topological polar surface area (TPSA) is 89.5 Å². The lowest BCUT2D eigenvalue weighted by Gasteiger charge is -2.35. The van der Waals surface area contributed by atoms with Crippen molar-refractivity contribution in [2.75, 3.05) is 6.54 Å². The smallest absolute Gasteiger partial charge is 0.269 e. The van der Waals surface area contributed by atoms with E-state index in [9.17, 15) is 14.9 Å². The number of nitro benzene ring substituents is 1. The van der Waals surface area contributed by atoms with Crippen LogP contribution < -0.4 is 5.73 Å². The second kappa shape index (κ2) is 6.67. The lowest BCUT2D eigenvalue weighted by molar-refractivity contribution is -0.384. The minimum atomic E-state index is -0.464. The Labute approximate surface area is 124 Å². The van der Waals surface area contributed by atoms with Gasteiger partial charge in [-0.25, -0.2) is 0 Å². The molecule has 6 heteroatoms. The molecule has 0 atom stereocenters. The molecule has 2 N–H and O–H groups in total. The first-order chi connectivity index (χ1) is 10.0. The molecule has 1 amide bonds. The number of carbonyl (C=O) groups excluding carboxylic acids is 1. The van der Waals surface area contributed by atoms with Crippen molar-refractivity contribution in [1.82, 2.24) is 4.90 Å². The highest BCUT2D eigenvalue weighted by atomic mass is 16.6. The van der Waals surface area contributed by atoms with Gasteiger partial charge in [0.25, 0.3) is 11.6 Å². The fourth-order valence-electron chi connectivity index (χ4n) is 2.87. The van der Waals surface area contributed by atoms with Crippen LogP contribution in [0.15, 0.2) is 24.3 Å². The van der Waals surface area contributed by atoms with E-state index < -0.39 is 4.92 Å². The zero-order valence-electron chi connectivity index (χ0n) is 12.2. The molecule has 1 aromatic rings. The van der Waals surface area contributed by atoms with Crippen LogP contribution in [0.25, 0.3) is 0 Å². The molecule has 0 saturated heterocycles. The molecule has 1 aliphatic rings. The third-order valence-electron chi connectivity index (χ3n) is 4.11. The molecule has 0 aromatic heterocycles. The van der Waals surface area contributed by atoms with Crippen LogP contribution in [0.4, 0.5) is 5.69 Å². The van der Waals surface area contributed by atoms with Crippen LogP contribution in [0.5, 0.6) is 0 Å². The minimum Gasteiger partial charge on any atom is -0.336 e. The second-order valence-electron chi connectivity index (χ2n) is 5.46. The number of benzene rings is 1. The molecule has 0 heterocycles. The lowest BCUT2D eigenvalue weighted by Crippen LogP contribution is -2.44. The number of nitrogens with two attached hydrogens (primary N) is 1. The highest BCUT2D eigenvalue weighted by molar-refractivity contribution is 5.94. The predicted octanol–water partition coefficient (Wildman–Crippen LogP) is 2.33. The molecule has 0 unspecified atom stereocenters. The molecule has 1 aromatic carbocycles. The van der Waals surface area contributed by atoms with Crippen LogP contribution in [0, 0.1) is 10.1 Å². The second-order valence-corrected chi connectivity index (χ2v) is 5.46. The maximum atomic E-state index is 12.6. The van der Waals surface area contributed by atoms with Gasteiger partial charge in [-0.15, -0.1) is 0 Å². The van der Waals surface area contributed by atoms with Crippen LogP contribution >= 0.6 is 0 Å². The van der Waals surface area contributed by atoms with Crippen molar-refractivity contribution >= 4 is 11.6 Å². The Kier molecular flexibility index (Phi) is 4.90. The fraction of sp³-hybridized carbons (Fsp3) is 0.533. The van der Waals surface area contributed by atoms with Crippen molar-refractivity contribution < 1.29 is 9.72 Å². The number of rotatable bonds is 4. The molecular weight excluding hydrogens is 270 g/mol. The summed E-state index contributed by atoms with van der Waals surface area (Å²) in [4.78, 5) is 24.6. The Morgan fingerprint density at radius 2 is 1.86 bits per heavy atom. The monoisotopic (exact) mass is 291 g/mol. The molecule has 114 valence electrons. The maximum Gasteiger partial charge on any atom is 0.269 e. The molecule has 6 nitrogen and oxygen atoms in total. The molecule has 0 radical (unpaired) electrons. The van der Waals surface area contributed by atoms with Gasteiger partial charge in [0, 0.05) is 36.3 Å². The molecular formula is C15H21N3O3. The van der Waals surface area contributed by atoms with Gasteiger partial charge >= 0.3 is 0 Å². The SMILES string of the molecule is CCN(C(=O)c1ccc([N+](=O)[O-])cc1)C1CCC(N)CC1. The number of amides is 1. The van der Waals surface area contributed by atoms with Gasteiger partial charge in [0.2, 0.25) is 0 Å². The number of nitrogens with zero attached hydrogens (tertiary/aromatic N) is 2. The van der Waals surface area contributed by atoms with Crippen molar-refractivity contribution in [1.29, 1.82) is 0 Å². The summed E-state index contributed by atoms with van der Waals surface area (Å²) >= 11 is 0. The van der Waals surface area contributed by atoms with Crippen molar-refractivity contribution in [3.8, 4) is 0 Å². The van der Waals surface area contributed by atoms with Gasteiger partial charge in [-0.3, -0.25) is 14.9 Å². The van der Waals surface area contributed by atoms with Crippen molar-refractivity contribution in [2.45, 2.75) is 44.7 Å². The zero-order chi connectivity index (χ0) is 15.4. The highest BCUT2D eigenvalue weighted by Gasteiger charge is 2.27. The number of hydrogen-bond acceptors (Lipinski definition) is 4. The average molecular weight is 291 g/mol. The Balaban J connectivity index is 2.10. The van der Waals surface area contributed by atoms with E-state index in [-0.39, 0.29) is 23.7 Å². The Morgan fingerprint density at radius 1 is 1.29 bits per heavy atom. The standard InChI is InChI=1S/C15H21N3O3/c1-2-17(13-9-5-12(16)6-10-13)15(19)11-3-7-14(8-4-11)18(20)21/h3-4,7-8,12-13H,2,5-6,9-10,16H2,1H3. The van der Waals surface area contributed by atoms with Gasteiger partial charge < -0.3 is 10.6 Å². The maximum absolute atomic E-state index is 12.6. The van der Waals surface area contributed by atoms with Gasteiger partial charge in [0.1, 0.15) is 0 Å². The molecule has 0 aliphatic heterocycles. The highest BCUT2D eigenvalue weighted by Crippen LogP contribution is 2.24. The Morgan fingerprint density at radius 3 is 2.33 bits per heavy atom. The van der Waals surface area contributed by atoms with E-state index in [1.54, 1.807) is 0 Å². The van der Waals surface area contributed by atoms with Crippen molar-refractivity contribution in [3.05, 3.63) is 39.9 Å². The molecule has 2 rings (SSSR count). The summed E-state index contributed by atoms with van der Waals surface area (Å²) in [5.41, 5.74) is 6.40. The zero-order valence-corrected chi connectivity index (χ0v) is 12.2. The quantitative estimate of drug-likeness (QED) is 0.681. The Bertz CT molecular complexity index is 507. The predicted molar refractivity (Wildman–Crippen MR) is 80.0 cm³/mol. The fourth-order valence-corrected chi connectivity index (χ4v) is 2.87. The largest absolute Gasteiger partial charge is 0.336 e.